The number of halogens is 5. The first kappa shape index (κ1) is 23.4. The van der Waals surface area contributed by atoms with Crippen molar-refractivity contribution in [2.24, 2.45) is 5.41 Å². The Balaban J connectivity index is 1.94. The van der Waals surface area contributed by atoms with E-state index in [0.29, 0.717) is 22.4 Å². The number of para-hydroxylation sites is 1. The third kappa shape index (κ3) is 4.09. The fraction of sp³-hybridized carbons (Fsp3) is 0.318. The molecule has 170 valence electrons. The number of carbonyl (C=O) groups is 3. The minimum Gasteiger partial charge on any atom is -0.349 e. The summed E-state index contributed by atoms with van der Waals surface area (Å²) in [5.41, 5.74) is -0.153. The van der Waals surface area contributed by atoms with Gasteiger partial charge in [0.05, 0.1) is 6.54 Å². The molecule has 0 spiro atoms. The number of anilines is 1. The lowest BCUT2D eigenvalue weighted by Gasteiger charge is -2.28. The summed E-state index contributed by atoms with van der Waals surface area (Å²) in [6.45, 7) is 0.125. The minimum atomic E-state index is -5.86. The second kappa shape index (κ2) is 7.99. The molecule has 0 aromatic heterocycles. The number of nitrogens with one attached hydrogen (secondary N) is 2. The summed E-state index contributed by atoms with van der Waals surface area (Å²) in [5, 5.41) is 4.13. The molecule has 1 aliphatic heterocycles. The quantitative estimate of drug-likeness (QED) is 0.523. The summed E-state index contributed by atoms with van der Waals surface area (Å²) >= 11 is 0. The van der Waals surface area contributed by atoms with Crippen LogP contribution in [0.25, 0.3) is 11.1 Å². The van der Waals surface area contributed by atoms with Crippen molar-refractivity contribution in [1.29, 1.82) is 0 Å². The molecule has 2 aromatic rings. The van der Waals surface area contributed by atoms with Crippen LogP contribution in [-0.2, 0) is 14.4 Å². The minimum absolute atomic E-state index is 0.293. The SMILES string of the molecule is CC(C)(C(=O)NCC(F)(F)C(F)(F)F)C(=O)C1C(=O)Nc2ccccc2-c2ccccc21. The summed E-state index contributed by atoms with van der Waals surface area (Å²) in [5.74, 6) is -9.69. The average Bonchev–Trinajstić information content (AvgIpc) is 2.84. The van der Waals surface area contributed by atoms with Crippen molar-refractivity contribution in [3.63, 3.8) is 0 Å². The highest BCUT2D eigenvalue weighted by atomic mass is 19.4. The number of hydrogen-bond acceptors (Lipinski definition) is 3. The van der Waals surface area contributed by atoms with Crippen LogP contribution >= 0.6 is 0 Å². The topological polar surface area (TPSA) is 75.3 Å². The maximum absolute atomic E-state index is 13.3. The number of benzene rings is 2. The fourth-order valence-electron chi connectivity index (χ4n) is 3.41. The molecule has 3 rings (SSSR count). The number of rotatable bonds is 5. The number of amides is 2. The normalized spacial score (nSPS) is 16.3. The Hall–Kier alpha value is -3.30. The Kier molecular flexibility index (Phi) is 5.84. The Morgan fingerprint density at radius 1 is 0.938 bits per heavy atom. The molecule has 0 saturated heterocycles. The number of ketones is 1. The number of alkyl halides is 5. The zero-order valence-electron chi connectivity index (χ0n) is 17.0. The lowest BCUT2D eigenvalue weighted by atomic mass is 9.76. The van der Waals surface area contributed by atoms with Crippen molar-refractivity contribution in [3.8, 4) is 11.1 Å². The summed E-state index contributed by atoms with van der Waals surface area (Å²) in [7, 11) is 0. The molecule has 0 saturated carbocycles. The van der Waals surface area contributed by atoms with E-state index in [2.05, 4.69) is 5.32 Å². The molecule has 32 heavy (non-hydrogen) atoms. The molecule has 0 bridgehead atoms. The highest BCUT2D eigenvalue weighted by molar-refractivity contribution is 6.21. The van der Waals surface area contributed by atoms with E-state index in [-0.39, 0.29) is 0 Å². The van der Waals surface area contributed by atoms with Gasteiger partial charge >= 0.3 is 12.1 Å². The zero-order valence-corrected chi connectivity index (χ0v) is 17.0. The van der Waals surface area contributed by atoms with E-state index in [9.17, 15) is 36.3 Å². The van der Waals surface area contributed by atoms with E-state index in [1.54, 1.807) is 42.5 Å². The van der Waals surface area contributed by atoms with Crippen LogP contribution in [0.4, 0.5) is 27.6 Å². The molecular weight excluding hydrogens is 435 g/mol. The molecule has 5 nitrogen and oxygen atoms in total. The molecule has 1 heterocycles. The second-order valence-electron chi connectivity index (χ2n) is 7.93. The van der Waals surface area contributed by atoms with Crippen molar-refractivity contribution < 1.29 is 36.3 Å². The van der Waals surface area contributed by atoms with Gasteiger partial charge in [0.2, 0.25) is 11.8 Å². The maximum Gasteiger partial charge on any atom is 0.455 e. The molecule has 1 atom stereocenters. The van der Waals surface area contributed by atoms with Gasteiger partial charge in [0.25, 0.3) is 0 Å². The van der Waals surface area contributed by atoms with Crippen molar-refractivity contribution in [2.75, 3.05) is 11.9 Å². The van der Waals surface area contributed by atoms with Crippen LogP contribution in [0.5, 0.6) is 0 Å². The van der Waals surface area contributed by atoms with Crippen LogP contribution < -0.4 is 10.6 Å². The van der Waals surface area contributed by atoms with Gasteiger partial charge in [-0.25, -0.2) is 0 Å². The zero-order chi connectivity index (χ0) is 23.9. The van der Waals surface area contributed by atoms with Gasteiger partial charge < -0.3 is 10.6 Å². The van der Waals surface area contributed by atoms with Gasteiger partial charge in [-0.05, 0) is 31.0 Å². The highest BCUT2D eigenvalue weighted by Crippen LogP contribution is 2.41. The highest BCUT2D eigenvalue weighted by Gasteiger charge is 2.58. The molecule has 0 aliphatic carbocycles. The van der Waals surface area contributed by atoms with Gasteiger partial charge in [0.1, 0.15) is 11.3 Å². The molecule has 1 unspecified atom stereocenters. The summed E-state index contributed by atoms with van der Waals surface area (Å²) in [6, 6.07) is 13.3. The molecule has 0 radical (unpaired) electrons. The maximum atomic E-state index is 13.3. The van der Waals surface area contributed by atoms with E-state index in [0.717, 1.165) is 13.8 Å². The van der Waals surface area contributed by atoms with E-state index in [4.69, 9.17) is 0 Å². The predicted octanol–water partition coefficient (Wildman–Crippen LogP) is 4.30. The Labute approximate surface area is 180 Å². The molecule has 2 amide bonds. The lowest BCUT2D eigenvalue weighted by Crippen LogP contribution is -2.52. The van der Waals surface area contributed by atoms with Gasteiger partial charge in [-0.3, -0.25) is 14.4 Å². The van der Waals surface area contributed by atoms with Gasteiger partial charge in [-0.2, -0.15) is 22.0 Å². The summed E-state index contributed by atoms with van der Waals surface area (Å²) < 4.78 is 63.6. The largest absolute Gasteiger partial charge is 0.455 e. The standard InChI is InChI=1S/C22H19F5N2O3/c1-20(2,19(32)28-11-21(23,24)22(25,26)27)17(30)16-14-9-4-3-7-12(14)13-8-5-6-10-15(13)29-18(16)31/h3-10,16H,11H2,1-2H3,(H,28,32)(H,29,31). The molecule has 0 fully saturated rings. The summed E-state index contributed by atoms with van der Waals surface area (Å²) in [4.78, 5) is 38.8. The first-order valence-corrected chi connectivity index (χ1v) is 9.54. The van der Waals surface area contributed by atoms with Gasteiger partial charge in [0, 0.05) is 11.3 Å². The van der Waals surface area contributed by atoms with Crippen LogP contribution in [0.3, 0.4) is 0 Å². The van der Waals surface area contributed by atoms with Crippen LogP contribution in [0.15, 0.2) is 48.5 Å². The number of Topliss-reactive ketones (excluding diaryl/α,β-unsaturated/α-hetero) is 1. The molecule has 2 aromatic carbocycles. The van der Waals surface area contributed by atoms with Crippen molar-refractivity contribution in [2.45, 2.75) is 31.9 Å². The van der Waals surface area contributed by atoms with E-state index < -0.39 is 47.6 Å². The van der Waals surface area contributed by atoms with E-state index in [1.807, 2.05) is 0 Å². The molecular formula is C22H19F5N2O3. The van der Waals surface area contributed by atoms with E-state index in [1.165, 1.54) is 11.4 Å². The fourth-order valence-corrected chi connectivity index (χ4v) is 3.41. The third-order valence-electron chi connectivity index (χ3n) is 5.34. The first-order chi connectivity index (χ1) is 14.8. The molecule has 1 aliphatic rings. The predicted molar refractivity (Wildman–Crippen MR) is 106 cm³/mol. The summed E-state index contributed by atoms with van der Waals surface area (Å²) in [6.07, 6.45) is -5.86. The monoisotopic (exact) mass is 454 g/mol. The van der Waals surface area contributed by atoms with Gasteiger partial charge in [-0.15, -0.1) is 0 Å². The van der Waals surface area contributed by atoms with Crippen LogP contribution in [0, 0.1) is 5.41 Å². The number of hydrogen-bond donors (Lipinski definition) is 2. The molecule has 10 heteroatoms. The number of fused-ring (bicyclic) bond motifs is 3. The van der Waals surface area contributed by atoms with Gasteiger partial charge in [-0.1, -0.05) is 42.5 Å². The Morgan fingerprint density at radius 2 is 1.50 bits per heavy atom. The first-order valence-electron chi connectivity index (χ1n) is 9.54. The van der Waals surface area contributed by atoms with Crippen LogP contribution in [0.1, 0.15) is 25.3 Å². The van der Waals surface area contributed by atoms with Crippen molar-refractivity contribution in [1.82, 2.24) is 5.32 Å². The lowest BCUT2D eigenvalue weighted by molar-refractivity contribution is -0.278. The van der Waals surface area contributed by atoms with Gasteiger partial charge in [0.15, 0.2) is 5.78 Å². The third-order valence-corrected chi connectivity index (χ3v) is 5.34. The van der Waals surface area contributed by atoms with E-state index >= 15 is 0 Å². The van der Waals surface area contributed by atoms with Crippen molar-refractivity contribution >= 4 is 23.3 Å². The van der Waals surface area contributed by atoms with Crippen molar-refractivity contribution in [3.05, 3.63) is 54.1 Å². The Morgan fingerprint density at radius 3 is 2.12 bits per heavy atom. The smallest absolute Gasteiger partial charge is 0.349 e. The van der Waals surface area contributed by atoms with Crippen LogP contribution in [-0.4, -0.2) is 36.2 Å². The average molecular weight is 454 g/mol. The molecule has 2 N–H and O–H groups in total. The number of carbonyl (C=O) groups excluding carboxylic acids is 3. The van der Waals surface area contributed by atoms with Crippen LogP contribution in [0.2, 0.25) is 0 Å². The Bertz CT molecular complexity index is 1080. The second-order valence-corrected chi connectivity index (χ2v) is 7.93.